The van der Waals surface area contributed by atoms with Gasteiger partial charge in [-0.2, -0.15) is 4.72 Å². The first-order chi connectivity index (χ1) is 19.7. The van der Waals surface area contributed by atoms with Crippen LogP contribution < -0.4 is 15.4 Å². The van der Waals surface area contributed by atoms with Crippen molar-refractivity contribution in [2.45, 2.75) is 31.7 Å². The number of sulfonamides is 1. The van der Waals surface area contributed by atoms with Crippen LogP contribution in [0.2, 0.25) is 0 Å². The maximum Gasteiger partial charge on any atom is 0.322 e. The highest BCUT2D eigenvalue weighted by Crippen LogP contribution is 2.32. The summed E-state index contributed by atoms with van der Waals surface area (Å²) < 4.78 is 56.6. The number of aryl methyl sites for hydroxylation is 1. The van der Waals surface area contributed by atoms with E-state index in [1.807, 2.05) is 0 Å². The van der Waals surface area contributed by atoms with Crippen LogP contribution in [0.25, 0.3) is 22.1 Å². The van der Waals surface area contributed by atoms with Gasteiger partial charge in [-0.05, 0) is 60.4 Å². The van der Waals surface area contributed by atoms with Gasteiger partial charge in [-0.3, -0.25) is 9.59 Å². The molecule has 1 amide bonds. The molecule has 42 heavy (non-hydrogen) atoms. The fourth-order valence-corrected chi connectivity index (χ4v) is 6.10. The van der Waals surface area contributed by atoms with E-state index in [2.05, 4.69) is 15.4 Å². The molecular formula is C29H31N3O8S2. The summed E-state index contributed by atoms with van der Waals surface area (Å²) >= 11 is 0. The van der Waals surface area contributed by atoms with Crippen LogP contribution in [0.3, 0.4) is 0 Å². The zero-order valence-corrected chi connectivity index (χ0v) is 25.0. The zero-order valence-electron chi connectivity index (χ0n) is 23.3. The number of carbonyl (C=O) groups is 2. The Hall–Kier alpha value is -4.20. The second-order valence-corrected chi connectivity index (χ2v) is 14.1. The third kappa shape index (κ3) is 6.98. The predicted octanol–water partition coefficient (Wildman–Crippen LogP) is 4.46. The van der Waals surface area contributed by atoms with Gasteiger partial charge < -0.3 is 20.2 Å². The molecule has 1 aromatic heterocycles. The predicted molar refractivity (Wildman–Crippen MR) is 161 cm³/mol. The average Bonchev–Trinajstić information content (AvgIpc) is 3.27. The Bertz CT molecular complexity index is 1850. The number of carboxylic acids is 1. The normalized spacial score (nSPS) is 12.8. The van der Waals surface area contributed by atoms with E-state index in [9.17, 15) is 31.5 Å². The first-order valence-corrected chi connectivity index (χ1v) is 16.4. The number of carboxylic acid groups (broad SMARTS) is 1. The second-order valence-electron chi connectivity index (χ2n) is 10.2. The van der Waals surface area contributed by atoms with Crippen molar-refractivity contribution < 1.29 is 35.9 Å². The molecule has 0 saturated carbocycles. The van der Waals surface area contributed by atoms with E-state index in [0.29, 0.717) is 33.5 Å². The molecule has 4 N–H and O–H groups in total. The molecule has 3 aromatic carbocycles. The lowest BCUT2D eigenvalue weighted by atomic mass is 10.1. The number of nitrogens with one attached hydrogen (secondary N) is 3. The largest absolute Gasteiger partial charge is 0.480 e. The number of sulfone groups is 1. The fourth-order valence-electron chi connectivity index (χ4n) is 4.34. The molecule has 0 fully saturated rings. The van der Waals surface area contributed by atoms with E-state index >= 15 is 0 Å². The van der Waals surface area contributed by atoms with Crippen LogP contribution in [0.15, 0.2) is 76.0 Å². The van der Waals surface area contributed by atoms with Crippen molar-refractivity contribution in [3.63, 3.8) is 0 Å². The highest BCUT2D eigenvalue weighted by atomic mass is 32.2. The molecule has 0 spiro atoms. The van der Waals surface area contributed by atoms with Gasteiger partial charge in [-0.25, -0.2) is 16.8 Å². The molecule has 1 heterocycles. The number of hydrogen-bond donors (Lipinski definition) is 4. The first kappa shape index (κ1) is 30.8. The van der Waals surface area contributed by atoms with Crippen molar-refractivity contribution in [2.75, 3.05) is 22.8 Å². The molecule has 0 aliphatic rings. The SMILES string of the molecule is Cc1c(C(=O)Nc2ccc(-c3ccc(S(=O)(=O)NC(C(=O)O)C(C)C)cc3)cc2)oc2cccc(NCS(C)(=O)=O)c12. The van der Waals surface area contributed by atoms with Gasteiger partial charge in [-0.1, -0.05) is 44.2 Å². The van der Waals surface area contributed by atoms with Crippen LogP contribution in [0.4, 0.5) is 11.4 Å². The topological polar surface area (TPSA) is 172 Å². The number of rotatable bonds is 11. The maximum atomic E-state index is 13.1. The van der Waals surface area contributed by atoms with Crippen molar-refractivity contribution >= 4 is 54.1 Å². The lowest BCUT2D eigenvalue weighted by Crippen LogP contribution is -2.44. The van der Waals surface area contributed by atoms with Gasteiger partial charge in [0.05, 0.1) is 4.90 Å². The Morgan fingerprint density at radius 2 is 1.50 bits per heavy atom. The number of amides is 1. The summed E-state index contributed by atoms with van der Waals surface area (Å²) in [5.41, 5.74) is 3.51. The van der Waals surface area contributed by atoms with Crippen LogP contribution in [0.5, 0.6) is 0 Å². The Morgan fingerprint density at radius 3 is 2.05 bits per heavy atom. The van der Waals surface area contributed by atoms with Crippen LogP contribution in [-0.2, 0) is 24.7 Å². The van der Waals surface area contributed by atoms with Crippen molar-refractivity contribution in [1.29, 1.82) is 0 Å². The Balaban J connectivity index is 1.48. The van der Waals surface area contributed by atoms with Crippen LogP contribution in [0, 0.1) is 12.8 Å². The monoisotopic (exact) mass is 613 g/mol. The summed E-state index contributed by atoms with van der Waals surface area (Å²) in [5, 5.41) is 15.6. The highest BCUT2D eigenvalue weighted by Gasteiger charge is 2.28. The van der Waals surface area contributed by atoms with E-state index in [-0.39, 0.29) is 16.5 Å². The quantitative estimate of drug-likeness (QED) is 0.191. The summed E-state index contributed by atoms with van der Waals surface area (Å²) in [7, 11) is -7.31. The maximum absolute atomic E-state index is 13.1. The molecule has 13 heteroatoms. The van der Waals surface area contributed by atoms with Crippen molar-refractivity contribution in [3.05, 3.63) is 78.1 Å². The van der Waals surface area contributed by atoms with Gasteiger partial charge in [0.25, 0.3) is 5.91 Å². The molecule has 11 nitrogen and oxygen atoms in total. The summed E-state index contributed by atoms with van der Waals surface area (Å²) in [4.78, 5) is 24.4. The van der Waals surface area contributed by atoms with E-state index in [4.69, 9.17) is 4.42 Å². The number of furan rings is 1. The number of aliphatic carboxylic acids is 1. The third-order valence-electron chi connectivity index (χ3n) is 6.54. The lowest BCUT2D eigenvalue weighted by Gasteiger charge is -2.18. The Kier molecular flexibility index (Phi) is 8.76. The fraction of sp³-hybridized carbons (Fsp3) is 0.241. The number of benzene rings is 3. The van der Waals surface area contributed by atoms with Gasteiger partial charge in [-0.15, -0.1) is 0 Å². The van der Waals surface area contributed by atoms with Crippen LogP contribution in [0.1, 0.15) is 30.0 Å². The minimum absolute atomic E-state index is 0.0575. The molecule has 4 rings (SSSR count). The first-order valence-electron chi connectivity index (χ1n) is 12.9. The third-order valence-corrected chi connectivity index (χ3v) is 8.67. The zero-order chi connectivity index (χ0) is 30.8. The molecule has 4 aromatic rings. The molecule has 0 bridgehead atoms. The van der Waals surface area contributed by atoms with Crippen LogP contribution in [-0.4, -0.2) is 52.0 Å². The Labute approximate surface area is 243 Å². The number of carbonyl (C=O) groups excluding carboxylic acids is 1. The molecule has 0 aliphatic carbocycles. The summed E-state index contributed by atoms with van der Waals surface area (Å²) in [6, 6.07) is 16.8. The standard InChI is InChI=1S/C29H31N3O8S2/c1-17(2)26(29(34)35)32-42(38,39)22-14-10-20(11-15-22)19-8-12-21(13-9-19)31-28(33)27-18(3)25-23(30-16-41(4,36)37)6-5-7-24(25)40-27/h5-15,17,26,30,32H,16H2,1-4H3,(H,31,33)(H,34,35). The summed E-state index contributed by atoms with van der Waals surface area (Å²) in [6.07, 6.45) is 1.12. The smallest absolute Gasteiger partial charge is 0.322 e. The summed E-state index contributed by atoms with van der Waals surface area (Å²) in [5.74, 6) is -2.33. The van der Waals surface area contributed by atoms with Gasteiger partial charge in [0, 0.05) is 28.6 Å². The molecule has 1 atom stereocenters. The second kappa shape index (κ2) is 12.0. The van der Waals surface area contributed by atoms with Gasteiger partial charge >= 0.3 is 5.97 Å². The van der Waals surface area contributed by atoms with Crippen molar-refractivity contribution in [1.82, 2.24) is 4.72 Å². The highest BCUT2D eigenvalue weighted by molar-refractivity contribution is 7.90. The van der Waals surface area contributed by atoms with Gasteiger partial charge in [0.2, 0.25) is 10.0 Å². The molecule has 1 unspecified atom stereocenters. The molecule has 0 saturated heterocycles. The minimum atomic E-state index is -4.04. The molecular weight excluding hydrogens is 582 g/mol. The lowest BCUT2D eigenvalue weighted by molar-refractivity contribution is -0.140. The van der Waals surface area contributed by atoms with E-state index in [1.54, 1.807) is 75.4 Å². The van der Waals surface area contributed by atoms with Crippen molar-refractivity contribution in [2.24, 2.45) is 5.92 Å². The minimum Gasteiger partial charge on any atom is -0.480 e. The molecule has 222 valence electrons. The van der Waals surface area contributed by atoms with Crippen molar-refractivity contribution in [3.8, 4) is 11.1 Å². The molecule has 0 aliphatic heterocycles. The van der Waals surface area contributed by atoms with Gasteiger partial charge in [0.1, 0.15) is 17.5 Å². The van der Waals surface area contributed by atoms with E-state index < -0.39 is 43.7 Å². The number of anilines is 2. The van der Waals surface area contributed by atoms with E-state index in [1.165, 1.54) is 12.1 Å². The Morgan fingerprint density at radius 1 is 0.905 bits per heavy atom. The summed E-state index contributed by atoms with van der Waals surface area (Å²) in [6.45, 7) is 4.96. The number of fused-ring (bicyclic) bond motifs is 1. The van der Waals surface area contributed by atoms with E-state index in [0.717, 1.165) is 11.8 Å². The van der Waals surface area contributed by atoms with Crippen LogP contribution >= 0.6 is 0 Å². The average molecular weight is 614 g/mol. The van der Waals surface area contributed by atoms with Gasteiger partial charge in [0.15, 0.2) is 15.6 Å². The molecule has 0 radical (unpaired) electrons. The number of hydrogen-bond acceptors (Lipinski definition) is 8.